The van der Waals surface area contributed by atoms with Gasteiger partial charge in [0.05, 0.1) is 13.7 Å². The first-order valence-electron chi connectivity index (χ1n) is 7.30. The quantitative estimate of drug-likeness (QED) is 0.322. The van der Waals surface area contributed by atoms with Gasteiger partial charge in [-0.25, -0.2) is 4.79 Å². The molecule has 2 rings (SSSR count). The van der Waals surface area contributed by atoms with Gasteiger partial charge in [-0.15, -0.1) is 24.0 Å². The Morgan fingerprint density at radius 1 is 1.21 bits per heavy atom. The highest BCUT2D eigenvalue weighted by Gasteiger charge is 2.15. The van der Waals surface area contributed by atoms with Crippen LogP contribution in [0.3, 0.4) is 0 Å². The van der Waals surface area contributed by atoms with Crippen LogP contribution >= 0.6 is 24.0 Å². The molecule has 0 saturated carbocycles. The Balaban J connectivity index is 0.00000288. The molecule has 2 aromatic rings. The second-order valence-electron chi connectivity index (χ2n) is 4.94. The summed E-state index contributed by atoms with van der Waals surface area (Å²) in [5, 5.41) is 6.36. The van der Waals surface area contributed by atoms with E-state index in [1.54, 1.807) is 20.0 Å². The largest absolute Gasteiger partial charge is 0.465 e. The molecule has 7 heteroatoms. The molecule has 0 saturated heterocycles. The van der Waals surface area contributed by atoms with Gasteiger partial charge < -0.3 is 19.8 Å². The molecular formula is C17H22IN3O3. The topological polar surface area (TPSA) is 75.9 Å². The third-order valence-electron chi connectivity index (χ3n) is 3.33. The van der Waals surface area contributed by atoms with E-state index < -0.39 is 5.97 Å². The van der Waals surface area contributed by atoms with Crippen LogP contribution in [0.15, 0.2) is 45.8 Å². The first kappa shape index (κ1) is 20.0. The molecular weight excluding hydrogens is 421 g/mol. The highest BCUT2D eigenvalue weighted by Crippen LogP contribution is 2.15. The number of carbonyl (C=O) groups is 1. The smallest absolute Gasteiger partial charge is 0.341 e. The third kappa shape index (κ3) is 5.55. The van der Waals surface area contributed by atoms with Gasteiger partial charge in [0.15, 0.2) is 5.96 Å². The van der Waals surface area contributed by atoms with Gasteiger partial charge in [-0.05, 0) is 18.6 Å². The molecule has 0 aliphatic carbocycles. The number of esters is 1. The number of aliphatic imine (C=N–C) groups is 1. The van der Waals surface area contributed by atoms with Gasteiger partial charge in [-0.1, -0.05) is 30.3 Å². The van der Waals surface area contributed by atoms with E-state index in [0.717, 1.165) is 5.56 Å². The number of nitrogens with one attached hydrogen (secondary N) is 2. The highest BCUT2D eigenvalue weighted by atomic mass is 127. The number of benzene rings is 1. The minimum atomic E-state index is -0.399. The average Bonchev–Trinajstić information content (AvgIpc) is 2.96. The van der Waals surface area contributed by atoms with Crippen molar-refractivity contribution in [2.45, 2.75) is 20.0 Å². The van der Waals surface area contributed by atoms with Crippen LogP contribution in [0.1, 0.15) is 27.4 Å². The molecule has 0 spiro atoms. The maximum Gasteiger partial charge on any atom is 0.341 e. The van der Waals surface area contributed by atoms with Gasteiger partial charge in [0, 0.05) is 13.6 Å². The molecule has 6 nitrogen and oxygen atoms in total. The molecule has 0 fully saturated rings. The van der Waals surface area contributed by atoms with Crippen molar-refractivity contribution in [1.29, 1.82) is 0 Å². The average molecular weight is 443 g/mol. The Hall–Kier alpha value is -2.03. The summed E-state index contributed by atoms with van der Waals surface area (Å²) in [5.74, 6) is 1.44. The molecule has 0 amide bonds. The van der Waals surface area contributed by atoms with E-state index in [4.69, 9.17) is 9.15 Å². The van der Waals surface area contributed by atoms with Crippen molar-refractivity contribution < 1.29 is 13.9 Å². The zero-order valence-electron chi connectivity index (χ0n) is 14.0. The number of nitrogens with zero attached hydrogens (tertiary/aromatic N) is 1. The molecule has 1 aromatic heterocycles. The Morgan fingerprint density at radius 3 is 2.50 bits per heavy atom. The van der Waals surface area contributed by atoms with Crippen LogP contribution in [0, 0.1) is 6.92 Å². The van der Waals surface area contributed by atoms with E-state index in [0.29, 0.717) is 36.1 Å². The Labute approximate surface area is 158 Å². The second-order valence-corrected chi connectivity index (χ2v) is 4.94. The van der Waals surface area contributed by atoms with Gasteiger partial charge in [-0.3, -0.25) is 4.99 Å². The molecule has 0 aliphatic rings. The first-order chi connectivity index (χ1) is 11.1. The van der Waals surface area contributed by atoms with Crippen molar-refractivity contribution in [2.24, 2.45) is 4.99 Å². The van der Waals surface area contributed by atoms with Crippen LogP contribution in [-0.2, 0) is 17.8 Å². The SMILES string of the molecule is CN=C(NCc1ccccc1)NCc1cc(C(=O)OC)c(C)o1.I. The van der Waals surface area contributed by atoms with Crippen LogP contribution in [0.2, 0.25) is 0 Å². The minimum absolute atomic E-state index is 0. The molecule has 0 unspecified atom stereocenters. The fourth-order valence-electron chi connectivity index (χ4n) is 2.12. The number of guanidine groups is 1. The predicted octanol–water partition coefficient (Wildman–Crippen LogP) is 2.86. The Kier molecular flexibility index (Phi) is 8.31. The molecule has 130 valence electrons. The Bertz CT molecular complexity index is 684. The lowest BCUT2D eigenvalue weighted by Crippen LogP contribution is -2.36. The maximum absolute atomic E-state index is 11.6. The fraction of sp³-hybridized carbons (Fsp3) is 0.294. The Morgan fingerprint density at radius 2 is 1.88 bits per heavy atom. The molecule has 2 N–H and O–H groups in total. The number of hydrogen-bond donors (Lipinski definition) is 2. The summed E-state index contributed by atoms with van der Waals surface area (Å²) in [5.41, 5.74) is 1.61. The van der Waals surface area contributed by atoms with Crippen LogP contribution in [-0.4, -0.2) is 26.1 Å². The summed E-state index contributed by atoms with van der Waals surface area (Å²) in [6.45, 7) is 2.83. The standard InChI is InChI=1S/C17H21N3O3.HI/c1-12-15(16(21)22-3)9-14(23-12)11-20-17(18-2)19-10-13-7-5-4-6-8-13;/h4-9H,10-11H2,1-3H3,(H2,18,19,20);1H. The zero-order chi connectivity index (χ0) is 16.7. The van der Waals surface area contributed by atoms with E-state index in [9.17, 15) is 4.79 Å². The van der Waals surface area contributed by atoms with Gasteiger partial charge in [-0.2, -0.15) is 0 Å². The van der Waals surface area contributed by atoms with Crippen molar-refractivity contribution in [3.8, 4) is 0 Å². The molecule has 1 aromatic carbocycles. The lowest BCUT2D eigenvalue weighted by molar-refractivity contribution is 0.0599. The van der Waals surface area contributed by atoms with Crippen molar-refractivity contribution >= 4 is 35.9 Å². The van der Waals surface area contributed by atoms with Crippen LogP contribution in [0.5, 0.6) is 0 Å². The van der Waals surface area contributed by atoms with E-state index >= 15 is 0 Å². The number of methoxy groups -OCH3 is 1. The zero-order valence-corrected chi connectivity index (χ0v) is 16.3. The number of ether oxygens (including phenoxy) is 1. The summed E-state index contributed by atoms with van der Waals surface area (Å²) in [4.78, 5) is 15.7. The monoisotopic (exact) mass is 443 g/mol. The van der Waals surface area contributed by atoms with Gasteiger partial charge >= 0.3 is 5.97 Å². The number of halogens is 1. The third-order valence-corrected chi connectivity index (χ3v) is 3.33. The summed E-state index contributed by atoms with van der Waals surface area (Å²) in [7, 11) is 3.05. The van der Waals surface area contributed by atoms with Crippen LogP contribution in [0.25, 0.3) is 0 Å². The summed E-state index contributed by atoms with van der Waals surface area (Å²) >= 11 is 0. The number of hydrogen-bond acceptors (Lipinski definition) is 4. The molecule has 0 bridgehead atoms. The molecule has 24 heavy (non-hydrogen) atoms. The second kappa shape index (κ2) is 9.96. The van der Waals surface area contributed by atoms with Crippen molar-refractivity contribution in [3.63, 3.8) is 0 Å². The van der Waals surface area contributed by atoms with Gasteiger partial charge in [0.2, 0.25) is 0 Å². The lowest BCUT2D eigenvalue weighted by Gasteiger charge is -2.10. The van der Waals surface area contributed by atoms with Crippen molar-refractivity contribution in [2.75, 3.05) is 14.2 Å². The summed E-state index contributed by atoms with van der Waals surface area (Å²) in [6, 6.07) is 11.7. The van der Waals surface area contributed by atoms with E-state index in [2.05, 4.69) is 15.6 Å². The van der Waals surface area contributed by atoms with Gasteiger partial charge in [0.25, 0.3) is 0 Å². The molecule has 0 atom stereocenters. The van der Waals surface area contributed by atoms with Gasteiger partial charge in [0.1, 0.15) is 17.1 Å². The van der Waals surface area contributed by atoms with E-state index in [-0.39, 0.29) is 24.0 Å². The number of furan rings is 1. The molecule has 1 heterocycles. The molecule has 0 radical (unpaired) electrons. The fourth-order valence-corrected chi connectivity index (χ4v) is 2.12. The highest BCUT2D eigenvalue weighted by molar-refractivity contribution is 14.0. The van der Waals surface area contributed by atoms with Crippen LogP contribution < -0.4 is 10.6 Å². The van der Waals surface area contributed by atoms with Crippen LogP contribution in [0.4, 0.5) is 0 Å². The normalized spacial score (nSPS) is 10.7. The predicted molar refractivity (Wildman–Crippen MR) is 104 cm³/mol. The van der Waals surface area contributed by atoms with Crippen molar-refractivity contribution in [1.82, 2.24) is 10.6 Å². The summed E-state index contributed by atoms with van der Waals surface area (Å²) < 4.78 is 10.3. The summed E-state index contributed by atoms with van der Waals surface area (Å²) in [6.07, 6.45) is 0. The van der Waals surface area contributed by atoms with Crippen molar-refractivity contribution in [3.05, 3.63) is 59.0 Å². The lowest BCUT2D eigenvalue weighted by atomic mass is 10.2. The first-order valence-corrected chi connectivity index (χ1v) is 7.30. The number of aryl methyl sites for hydroxylation is 1. The minimum Gasteiger partial charge on any atom is -0.465 e. The molecule has 0 aliphatic heterocycles. The van der Waals surface area contributed by atoms with E-state index in [1.807, 2.05) is 30.3 Å². The number of carbonyl (C=O) groups excluding carboxylic acids is 1. The number of rotatable bonds is 5. The maximum atomic E-state index is 11.6. The van der Waals surface area contributed by atoms with E-state index in [1.165, 1.54) is 7.11 Å².